The van der Waals surface area contributed by atoms with Crippen LogP contribution in [0.15, 0.2) is 42.1 Å². The highest BCUT2D eigenvalue weighted by Crippen LogP contribution is 2.25. The Morgan fingerprint density at radius 1 is 1.11 bits per heavy atom. The van der Waals surface area contributed by atoms with Crippen molar-refractivity contribution in [2.45, 2.75) is 0 Å². The first-order valence-corrected chi connectivity index (χ1v) is 8.08. The van der Waals surface area contributed by atoms with Gasteiger partial charge in [0, 0.05) is 17.3 Å². The lowest BCUT2D eigenvalue weighted by atomic mass is 10.2. The van der Waals surface area contributed by atoms with Gasteiger partial charge in [-0.25, -0.2) is 0 Å². The Labute approximate surface area is 155 Å². The number of aromatic nitrogens is 2. The maximum Gasteiger partial charge on any atom is 0.277 e. The maximum absolute atomic E-state index is 12.2. The van der Waals surface area contributed by atoms with E-state index < -0.39 is 11.8 Å². The number of amides is 2. The second-order valence-corrected chi connectivity index (χ2v) is 5.56. The summed E-state index contributed by atoms with van der Waals surface area (Å²) in [5.74, 6) is 0.148. The molecule has 0 radical (unpaired) electrons. The molecule has 2 amide bonds. The average molecular weight is 370 g/mol. The standard InChI is InChI=1S/C18H18N4O5/c1-26-14-10-15(27-2)21-17(20-14)11-4-3-5-12(8-11)19-13-9-16(24)22(6-7-23)18(13)25/h3-5,8-10,19,23H,6-7H2,1-2H3. The number of rotatable bonds is 7. The molecule has 0 unspecified atom stereocenters. The zero-order chi connectivity index (χ0) is 19.4. The maximum atomic E-state index is 12.2. The van der Waals surface area contributed by atoms with Crippen molar-refractivity contribution in [3.05, 3.63) is 42.1 Å². The predicted octanol–water partition coefficient (Wildman–Crippen LogP) is 0.818. The molecule has 27 heavy (non-hydrogen) atoms. The largest absolute Gasteiger partial charge is 0.481 e. The summed E-state index contributed by atoms with van der Waals surface area (Å²) in [6.45, 7) is -0.333. The first-order chi connectivity index (χ1) is 13.0. The van der Waals surface area contributed by atoms with Crippen molar-refractivity contribution in [2.24, 2.45) is 0 Å². The molecule has 1 aromatic heterocycles. The number of carbonyl (C=O) groups excluding carboxylic acids is 2. The second kappa shape index (κ2) is 7.83. The Morgan fingerprint density at radius 2 is 1.81 bits per heavy atom. The second-order valence-electron chi connectivity index (χ2n) is 5.56. The minimum Gasteiger partial charge on any atom is -0.481 e. The van der Waals surface area contributed by atoms with Gasteiger partial charge in [-0.3, -0.25) is 14.5 Å². The highest BCUT2D eigenvalue weighted by Gasteiger charge is 2.30. The van der Waals surface area contributed by atoms with Crippen LogP contribution in [0.25, 0.3) is 11.4 Å². The van der Waals surface area contributed by atoms with Gasteiger partial charge in [0.05, 0.1) is 33.4 Å². The monoisotopic (exact) mass is 370 g/mol. The number of aliphatic hydroxyl groups excluding tert-OH is 1. The van der Waals surface area contributed by atoms with Crippen LogP contribution in [0.1, 0.15) is 0 Å². The van der Waals surface area contributed by atoms with Crippen molar-refractivity contribution in [3.8, 4) is 23.1 Å². The van der Waals surface area contributed by atoms with Gasteiger partial charge in [-0.1, -0.05) is 12.1 Å². The Bertz CT molecular complexity index is 890. The molecule has 0 saturated heterocycles. The fraction of sp³-hybridized carbons (Fsp3) is 0.222. The van der Waals surface area contributed by atoms with Gasteiger partial charge in [-0.05, 0) is 12.1 Å². The van der Waals surface area contributed by atoms with E-state index in [2.05, 4.69) is 15.3 Å². The molecule has 0 aliphatic carbocycles. The van der Waals surface area contributed by atoms with Gasteiger partial charge in [0.2, 0.25) is 11.8 Å². The number of nitrogens with one attached hydrogen (secondary N) is 1. The highest BCUT2D eigenvalue weighted by molar-refractivity contribution is 6.17. The minimum absolute atomic E-state index is 0.0448. The molecule has 2 heterocycles. The van der Waals surface area contributed by atoms with Gasteiger partial charge >= 0.3 is 0 Å². The van der Waals surface area contributed by atoms with E-state index in [0.717, 1.165) is 4.90 Å². The van der Waals surface area contributed by atoms with E-state index in [0.29, 0.717) is 28.8 Å². The third kappa shape index (κ3) is 3.87. The van der Waals surface area contributed by atoms with Crippen molar-refractivity contribution in [1.29, 1.82) is 0 Å². The lowest BCUT2D eigenvalue weighted by Crippen LogP contribution is -2.34. The summed E-state index contributed by atoms with van der Waals surface area (Å²) in [7, 11) is 2.99. The third-order valence-corrected chi connectivity index (χ3v) is 3.83. The SMILES string of the molecule is COc1cc(OC)nc(-c2cccc(NC3=CC(=O)N(CCO)C3=O)c2)n1. The van der Waals surface area contributed by atoms with Gasteiger partial charge in [0.25, 0.3) is 11.8 Å². The van der Waals surface area contributed by atoms with Crippen LogP contribution in [0.2, 0.25) is 0 Å². The fourth-order valence-corrected chi connectivity index (χ4v) is 2.54. The van der Waals surface area contributed by atoms with Gasteiger partial charge in [-0.2, -0.15) is 9.97 Å². The molecule has 0 atom stereocenters. The summed E-state index contributed by atoms with van der Waals surface area (Å²) in [5.41, 5.74) is 1.38. The molecule has 2 N–H and O–H groups in total. The molecule has 2 aromatic rings. The predicted molar refractivity (Wildman–Crippen MR) is 96.1 cm³/mol. The van der Waals surface area contributed by atoms with E-state index in [9.17, 15) is 9.59 Å². The molecule has 0 spiro atoms. The van der Waals surface area contributed by atoms with E-state index in [4.69, 9.17) is 14.6 Å². The first kappa shape index (κ1) is 18.3. The molecule has 9 heteroatoms. The van der Waals surface area contributed by atoms with Crippen LogP contribution >= 0.6 is 0 Å². The lowest BCUT2D eigenvalue weighted by molar-refractivity contribution is -0.137. The van der Waals surface area contributed by atoms with Crippen molar-refractivity contribution >= 4 is 17.5 Å². The summed E-state index contributed by atoms with van der Waals surface area (Å²) in [6.07, 6.45) is 1.20. The number of nitrogens with zero attached hydrogens (tertiary/aromatic N) is 3. The zero-order valence-corrected chi connectivity index (χ0v) is 14.8. The normalized spacial score (nSPS) is 13.6. The third-order valence-electron chi connectivity index (χ3n) is 3.83. The molecule has 1 aliphatic heterocycles. The molecule has 1 aliphatic rings. The number of β-amino-alcohol motifs (C(OH)–C–C–N with tert-alkyl or cyclic N) is 1. The van der Waals surface area contributed by atoms with Crippen molar-refractivity contribution in [3.63, 3.8) is 0 Å². The molecule has 3 rings (SSSR count). The summed E-state index contributed by atoms with van der Waals surface area (Å²) >= 11 is 0. The summed E-state index contributed by atoms with van der Waals surface area (Å²) < 4.78 is 10.3. The Balaban J connectivity index is 1.86. The van der Waals surface area contributed by atoms with E-state index >= 15 is 0 Å². The average Bonchev–Trinajstić information content (AvgIpc) is 2.95. The Hall–Kier alpha value is -3.46. The minimum atomic E-state index is -0.487. The topological polar surface area (TPSA) is 114 Å². The zero-order valence-electron chi connectivity index (χ0n) is 14.8. The van der Waals surface area contributed by atoms with E-state index in [1.165, 1.54) is 20.3 Å². The van der Waals surface area contributed by atoms with Gasteiger partial charge < -0.3 is 19.9 Å². The van der Waals surface area contributed by atoms with Gasteiger partial charge in [0.15, 0.2) is 5.82 Å². The summed E-state index contributed by atoms with van der Waals surface area (Å²) in [6, 6.07) is 8.61. The van der Waals surface area contributed by atoms with Crippen LogP contribution in [0.3, 0.4) is 0 Å². The molecule has 9 nitrogen and oxygen atoms in total. The lowest BCUT2D eigenvalue weighted by Gasteiger charge is -2.13. The number of ether oxygens (including phenoxy) is 2. The Kier molecular flexibility index (Phi) is 5.32. The Morgan fingerprint density at radius 3 is 2.44 bits per heavy atom. The smallest absolute Gasteiger partial charge is 0.277 e. The summed E-state index contributed by atoms with van der Waals surface area (Å²) in [5, 5.41) is 11.9. The summed E-state index contributed by atoms with van der Waals surface area (Å²) in [4.78, 5) is 33.6. The number of hydrogen-bond acceptors (Lipinski definition) is 8. The number of methoxy groups -OCH3 is 2. The highest BCUT2D eigenvalue weighted by atomic mass is 16.5. The van der Waals surface area contributed by atoms with Crippen molar-refractivity contribution < 1.29 is 24.2 Å². The van der Waals surface area contributed by atoms with E-state index in [1.54, 1.807) is 30.3 Å². The molecular formula is C18H18N4O5. The molecule has 0 bridgehead atoms. The van der Waals surface area contributed by atoms with Gasteiger partial charge in [-0.15, -0.1) is 0 Å². The number of carbonyl (C=O) groups is 2. The molecule has 0 fully saturated rings. The number of anilines is 1. The van der Waals surface area contributed by atoms with Crippen LogP contribution in [0.4, 0.5) is 5.69 Å². The number of hydrogen-bond donors (Lipinski definition) is 2. The van der Waals surface area contributed by atoms with Crippen LogP contribution in [-0.4, -0.2) is 59.2 Å². The number of imide groups is 1. The van der Waals surface area contributed by atoms with Crippen LogP contribution in [0, 0.1) is 0 Å². The first-order valence-electron chi connectivity index (χ1n) is 8.08. The molecule has 140 valence electrons. The van der Waals surface area contributed by atoms with Crippen molar-refractivity contribution in [2.75, 3.05) is 32.7 Å². The number of benzene rings is 1. The van der Waals surface area contributed by atoms with E-state index in [-0.39, 0.29) is 18.8 Å². The van der Waals surface area contributed by atoms with E-state index in [1.807, 2.05) is 0 Å². The van der Waals surface area contributed by atoms with Crippen molar-refractivity contribution in [1.82, 2.24) is 14.9 Å². The fourth-order valence-electron chi connectivity index (χ4n) is 2.54. The molecular weight excluding hydrogens is 352 g/mol. The van der Waals surface area contributed by atoms with Crippen LogP contribution < -0.4 is 14.8 Å². The number of aliphatic hydroxyl groups is 1. The quantitative estimate of drug-likeness (QED) is 0.689. The molecule has 0 saturated carbocycles. The van der Waals surface area contributed by atoms with Crippen LogP contribution in [0.5, 0.6) is 11.8 Å². The van der Waals surface area contributed by atoms with Gasteiger partial charge in [0.1, 0.15) is 5.70 Å². The molecule has 1 aromatic carbocycles. The van der Waals surface area contributed by atoms with Crippen LogP contribution in [-0.2, 0) is 9.59 Å².